The lowest BCUT2D eigenvalue weighted by molar-refractivity contribution is -0.126. The first-order valence-corrected chi connectivity index (χ1v) is 9.19. The number of hydrogen-bond acceptors (Lipinski definition) is 5. The number of methoxy groups -OCH3 is 1. The lowest BCUT2D eigenvalue weighted by atomic mass is 9.96. The third-order valence-corrected chi connectivity index (χ3v) is 4.50. The molecule has 0 spiro atoms. The summed E-state index contributed by atoms with van der Waals surface area (Å²) in [5, 5.41) is 2.77. The quantitative estimate of drug-likeness (QED) is 0.591. The molecule has 1 fully saturated rings. The number of carbonyl (C=O) groups excluding carboxylic acids is 2. The number of nitrogens with one attached hydrogen (secondary N) is 1. The van der Waals surface area contributed by atoms with Crippen molar-refractivity contribution < 1.29 is 23.5 Å². The van der Waals surface area contributed by atoms with Gasteiger partial charge in [-0.05, 0) is 31.0 Å². The van der Waals surface area contributed by atoms with Crippen molar-refractivity contribution in [3.63, 3.8) is 0 Å². The Bertz CT molecular complexity index is 648. The molecule has 7 nitrogen and oxygen atoms in total. The van der Waals surface area contributed by atoms with E-state index in [9.17, 15) is 14.0 Å². The average Bonchev–Trinajstić information content (AvgIpc) is 2.70. The first-order valence-electron chi connectivity index (χ1n) is 9.19. The summed E-state index contributed by atoms with van der Waals surface area (Å²) in [5.74, 6) is -0.943. The van der Waals surface area contributed by atoms with E-state index < -0.39 is 5.82 Å². The SMILES string of the molecule is COCCOCc1cc(C(=O)N2CCCC(C(=O)NCCN)C2)ccc1F.Cl. The van der Waals surface area contributed by atoms with Gasteiger partial charge in [-0.1, -0.05) is 0 Å². The molecule has 0 bridgehead atoms. The van der Waals surface area contributed by atoms with Crippen LogP contribution in [0.5, 0.6) is 0 Å². The molecule has 1 heterocycles. The van der Waals surface area contributed by atoms with Crippen molar-refractivity contribution in [2.24, 2.45) is 11.7 Å². The van der Waals surface area contributed by atoms with Crippen LogP contribution in [-0.2, 0) is 20.9 Å². The first-order chi connectivity index (χ1) is 13.1. The molecule has 1 aromatic rings. The van der Waals surface area contributed by atoms with Crippen LogP contribution in [-0.4, -0.2) is 63.2 Å². The summed E-state index contributed by atoms with van der Waals surface area (Å²) in [4.78, 5) is 26.6. The molecule has 28 heavy (non-hydrogen) atoms. The van der Waals surface area contributed by atoms with Crippen LogP contribution >= 0.6 is 12.4 Å². The molecule has 1 aliphatic rings. The second kappa shape index (κ2) is 12.7. The van der Waals surface area contributed by atoms with Crippen LogP contribution in [0.15, 0.2) is 18.2 Å². The highest BCUT2D eigenvalue weighted by Gasteiger charge is 2.29. The normalized spacial score (nSPS) is 16.4. The molecule has 0 saturated carbocycles. The van der Waals surface area contributed by atoms with Gasteiger partial charge in [0.2, 0.25) is 5.91 Å². The Balaban J connectivity index is 0.00000392. The highest BCUT2D eigenvalue weighted by atomic mass is 35.5. The van der Waals surface area contributed by atoms with Gasteiger partial charge < -0.3 is 25.4 Å². The number of nitrogens with two attached hydrogens (primary N) is 1. The lowest BCUT2D eigenvalue weighted by Gasteiger charge is -2.32. The third-order valence-electron chi connectivity index (χ3n) is 4.50. The lowest BCUT2D eigenvalue weighted by Crippen LogP contribution is -2.46. The molecular weight excluding hydrogens is 389 g/mol. The molecule has 1 atom stereocenters. The molecule has 9 heteroatoms. The maximum absolute atomic E-state index is 14.0. The van der Waals surface area contributed by atoms with Crippen LogP contribution in [0.2, 0.25) is 0 Å². The van der Waals surface area contributed by atoms with Crippen LogP contribution in [0.25, 0.3) is 0 Å². The maximum atomic E-state index is 14.0. The Hall–Kier alpha value is -1.74. The molecule has 0 radical (unpaired) electrons. The number of amides is 2. The van der Waals surface area contributed by atoms with Crippen molar-refractivity contribution in [1.29, 1.82) is 0 Å². The van der Waals surface area contributed by atoms with Crippen LogP contribution in [0.1, 0.15) is 28.8 Å². The van der Waals surface area contributed by atoms with Crippen LogP contribution in [0.3, 0.4) is 0 Å². The summed E-state index contributed by atoms with van der Waals surface area (Å²) in [5.41, 5.74) is 6.13. The Morgan fingerprint density at radius 3 is 2.86 bits per heavy atom. The summed E-state index contributed by atoms with van der Waals surface area (Å²) < 4.78 is 24.2. The Labute approximate surface area is 171 Å². The molecule has 2 amide bonds. The van der Waals surface area contributed by atoms with Crippen molar-refractivity contribution >= 4 is 24.2 Å². The van der Waals surface area contributed by atoms with Gasteiger partial charge in [0.05, 0.1) is 25.7 Å². The van der Waals surface area contributed by atoms with Crippen molar-refractivity contribution in [1.82, 2.24) is 10.2 Å². The summed E-state index contributed by atoms with van der Waals surface area (Å²) in [6.07, 6.45) is 1.49. The van der Waals surface area contributed by atoms with E-state index >= 15 is 0 Å². The zero-order chi connectivity index (χ0) is 19.6. The summed E-state index contributed by atoms with van der Waals surface area (Å²) >= 11 is 0. The second-order valence-electron chi connectivity index (χ2n) is 6.52. The molecule has 1 saturated heterocycles. The summed E-state index contributed by atoms with van der Waals surface area (Å²) in [7, 11) is 1.56. The fraction of sp³-hybridized carbons (Fsp3) is 0.579. The third kappa shape index (κ3) is 7.01. The smallest absolute Gasteiger partial charge is 0.253 e. The van der Waals surface area contributed by atoms with E-state index in [1.165, 1.54) is 18.2 Å². The minimum absolute atomic E-state index is 0. The van der Waals surface area contributed by atoms with Crippen molar-refractivity contribution in [2.75, 3.05) is 46.5 Å². The van der Waals surface area contributed by atoms with Gasteiger partial charge >= 0.3 is 0 Å². The number of rotatable bonds is 9. The van der Waals surface area contributed by atoms with Gasteiger partial charge in [0.15, 0.2) is 0 Å². The molecule has 158 valence electrons. The second-order valence-corrected chi connectivity index (χ2v) is 6.52. The predicted octanol–water partition coefficient (Wildman–Crippen LogP) is 1.34. The van der Waals surface area contributed by atoms with Gasteiger partial charge in [-0.2, -0.15) is 0 Å². The molecule has 1 aromatic carbocycles. The number of ether oxygens (including phenoxy) is 2. The monoisotopic (exact) mass is 417 g/mol. The van der Waals surface area contributed by atoms with E-state index in [0.29, 0.717) is 50.5 Å². The number of benzene rings is 1. The molecule has 0 aliphatic carbocycles. The van der Waals surface area contributed by atoms with Gasteiger partial charge in [0.25, 0.3) is 5.91 Å². The highest BCUT2D eigenvalue weighted by Crippen LogP contribution is 2.20. The van der Waals surface area contributed by atoms with E-state index in [4.69, 9.17) is 15.2 Å². The van der Waals surface area contributed by atoms with E-state index in [2.05, 4.69) is 5.32 Å². The van der Waals surface area contributed by atoms with Crippen molar-refractivity contribution in [3.05, 3.63) is 35.1 Å². The van der Waals surface area contributed by atoms with E-state index in [1.54, 1.807) is 12.0 Å². The topological polar surface area (TPSA) is 93.9 Å². The van der Waals surface area contributed by atoms with Crippen molar-refractivity contribution in [2.45, 2.75) is 19.4 Å². The van der Waals surface area contributed by atoms with Gasteiger partial charge in [0, 0.05) is 44.4 Å². The molecule has 1 aliphatic heterocycles. The van der Waals surface area contributed by atoms with Crippen LogP contribution in [0.4, 0.5) is 4.39 Å². The zero-order valence-electron chi connectivity index (χ0n) is 16.1. The highest BCUT2D eigenvalue weighted by molar-refractivity contribution is 5.95. The number of likely N-dealkylation sites (tertiary alicyclic amines) is 1. The molecular formula is C19H29ClFN3O4. The van der Waals surface area contributed by atoms with E-state index in [1.807, 2.05) is 0 Å². The number of carbonyl (C=O) groups is 2. The van der Waals surface area contributed by atoms with Gasteiger partial charge in [-0.25, -0.2) is 4.39 Å². The fourth-order valence-corrected chi connectivity index (χ4v) is 3.04. The maximum Gasteiger partial charge on any atom is 0.253 e. The largest absolute Gasteiger partial charge is 0.382 e. The Morgan fingerprint density at radius 1 is 1.36 bits per heavy atom. The molecule has 3 N–H and O–H groups in total. The van der Waals surface area contributed by atoms with Crippen LogP contribution in [0, 0.1) is 11.7 Å². The minimum Gasteiger partial charge on any atom is -0.382 e. The van der Waals surface area contributed by atoms with Gasteiger partial charge in [0.1, 0.15) is 5.82 Å². The van der Waals surface area contributed by atoms with Crippen LogP contribution < -0.4 is 11.1 Å². The van der Waals surface area contributed by atoms with Gasteiger partial charge in [-0.3, -0.25) is 9.59 Å². The molecule has 0 aromatic heterocycles. The predicted molar refractivity (Wildman–Crippen MR) is 106 cm³/mol. The van der Waals surface area contributed by atoms with E-state index in [0.717, 1.165) is 12.8 Å². The zero-order valence-corrected chi connectivity index (χ0v) is 16.9. The summed E-state index contributed by atoms with van der Waals surface area (Å²) in [6, 6.07) is 4.26. The van der Waals surface area contributed by atoms with E-state index in [-0.39, 0.29) is 36.7 Å². The number of piperidine rings is 1. The number of hydrogen-bond donors (Lipinski definition) is 2. The fourth-order valence-electron chi connectivity index (χ4n) is 3.04. The Morgan fingerprint density at radius 2 is 2.14 bits per heavy atom. The summed E-state index contributed by atoms with van der Waals surface area (Å²) in [6.45, 7) is 2.57. The standard InChI is InChI=1S/C19H28FN3O4.ClH/c1-26-9-10-27-13-16-11-14(4-5-17(16)20)19(25)23-8-2-3-15(12-23)18(24)22-7-6-21;/h4-5,11,15H,2-3,6-10,12-13,21H2,1H3,(H,22,24);1H. The number of nitrogens with zero attached hydrogens (tertiary/aromatic N) is 1. The minimum atomic E-state index is -0.415. The number of halogens is 2. The molecule has 1 unspecified atom stereocenters. The molecule has 2 rings (SSSR count). The Kier molecular flexibility index (Phi) is 11.0. The average molecular weight is 418 g/mol. The van der Waals surface area contributed by atoms with Crippen molar-refractivity contribution in [3.8, 4) is 0 Å². The van der Waals surface area contributed by atoms with Gasteiger partial charge in [-0.15, -0.1) is 12.4 Å². The first kappa shape index (κ1) is 24.3.